The molecule has 29 heavy (non-hydrogen) atoms. The number of aromatic nitrogens is 1. The van der Waals surface area contributed by atoms with Crippen molar-refractivity contribution in [3.05, 3.63) is 90.1 Å². The molecule has 1 aromatic heterocycles. The predicted octanol–water partition coefficient (Wildman–Crippen LogP) is 5.58. The van der Waals surface area contributed by atoms with Gasteiger partial charge in [-0.3, -0.25) is 9.78 Å². The third kappa shape index (κ3) is 3.73. The maximum Gasteiger partial charge on any atom is 0.232 e. The number of para-hydroxylation sites is 1. The lowest BCUT2D eigenvalue weighted by Crippen LogP contribution is -2.36. The highest BCUT2D eigenvalue weighted by Gasteiger charge is 2.28. The first kappa shape index (κ1) is 19.1. The van der Waals surface area contributed by atoms with Crippen LogP contribution < -0.4 is 0 Å². The smallest absolute Gasteiger partial charge is 0.232 e. The Hall–Kier alpha value is -3.20. The van der Waals surface area contributed by atoms with Crippen LogP contribution in [0.1, 0.15) is 31.0 Å². The van der Waals surface area contributed by atoms with Crippen molar-refractivity contribution in [2.75, 3.05) is 13.1 Å². The molecule has 0 saturated carbocycles. The van der Waals surface area contributed by atoms with Crippen LogP contribution in [0, 0.1) is 0 Å². The molecule has 0 spiro atoms. The van der Waals surface area contributed by atoms with E-state index < -0.39 is 0 Å². The average molecular weight is 383 g/mol. The third-order valence-corrected chi connectivity index (χ3v) is 5.62. The van der Waals surface area contributed by atoms with E-state index in [0.29, 0.717) is 19.5 Å². The van der Waals surface area contributed by atoms with Gasteiger partial charge in [-0.2, -0.15) is 0 Å². The molecule has 0 aliphatic rings. The van der Waals surface area contributed by atoms with Crippen LogP contribution in [0.4, 0.5) is 0 Å². The number of hydrogen-bond acceptors (Lipinski definition) is 2. The van der Waals surface area contributed by atoms with E-state index in [1.165, 1.54) is 0 Å². The fourth-order valence-corrected chi connectivity index (χ4v) is 4.10. The maximum absolute atomic E-state index is 13.6. The second-order valence-corrected chi connectivity index (χ2v) is 7.31. The highest BCUT2D eigenvalue weighted by molar-refractivity contribution is 6.07. The Kier molecular flexibility index (Phi) is 5.57. The van der Waals surface area contributed by atoms with Crippen LogP contribution in [-0.2, 0) is 11.2 Å². The largest absolute Gasteiger partial charge is 0.343 e. The lowest BCUT2D eigenvalue weighted by Gasteiger charge is -2.26. The van der Waals surface area contributed by atoms with Crippen LogP contribution in [0.5, 0.6) is 0 Å². The summed E-state index contributed by atoms with van der Waals surface area (Å²) in [4.78, 5) is 20.5. The number of pyridine rings is 1. The molecule has 3 aromatic carbocycles. The maximum atomic E-state index is 13.6. The first-order valence-electron chi connectivity index (χ1n) is 10.3. The molecule has 1 unspecified atom stereocenters. The highest BCUT2D eigenvalue weighted by atomic mass is 16.2. The molecule has 0 radical (unpaired) electrons. The number of rotatable bonds is 6. The van der Waals surface area contributed by atoms with Crippen molar-refractivity contribution in [1.29, 1.82) is 0 Å². The van der Waals surface area contributed by atoms with E-state index in [2.05, 4.69) is 36.4 Å². The third-order valence-electron chi connectivity index (χ3n) is 5.62. The predicted molar refractivity (Wildman–Crippen MR) is 120 cm³/mol. The summed E-state index contributed by atoms with van der Waals surface area (Å²) in [6.45, 7) is 5.47. The number of benzene rings is 3. The summed E-state index contributed by atoms with van der Waals surface area (Å²) >= 11 is 0. The molecule has 0 bridgehead atoms. The van der Waals surface area contributed by atoms with E-state index in [0.717, 1.165) is 32.9 Å². The van der Waals surface area contributed by atoms with E-state index in [9.17, 15) is 4.79 Å². The van der Waals surface area contributed by atoms with Gasteiger partial charge in [-0.1, -0.05) is 72.8 Å². The quantitative estimate of drug-likeness (QED) is 0.408. The summed E-state index contributed by atoms with van der Waals surface area (Å²) in [6.07, 6.45) is 0.644. The lowest BCUT2D eigenvalue weighted by molar-refractivity contribution is -0.132. The van der Waals surface area contributed by atoms with Crippen LogP contribution >= 0.6 is 0 Å². The van der Waals surface area contributed by atoms with Crippen molar-refractivity contribution >= 4 is 27.6 Å². The van der Waals surface area contributed by atoms with Crippen molar-refractivity contribution in [2.45, 2.75) is 26.2 Å². The molecule has 1 amide bonds. The number of likely N-dealkylation sites (N-methyl/N-ethyl adjacent to an activating group) is 1. The summed E-state index contributed by atoms with van der Waals surface area (Å²) < 4.78 is 0. The topological polar surface area (TPSA) is 33.2 Å². The monoisotopic (exact) mass is 382 g/mol. The second kappa shape index (κ2) is 8.44. The summed E-state index contributed by atoms with van der Waals surface area (Å²) in [5.74, 6) is -0.168. The first-order chi connectivity index (χ1) is 14.2. The number of hydrogen-bond donors (Lipinski definition) is 0. The van der Waals surface area contributed by atoms with Crippen LogP contribution in [0.3, 0.4) is 0 Å². The summed E-state index contributed by atoms with van der Waals surface area (Å²) in [5.41, 5.74) is 2.96. The SMILES string of the molecule is CCN(CC)C(=O)C(Cc1ccccc1)c1nc2ccccc2c2ccccc12. The number of nitrogens with zero attached hydrogens (tertiary/aromatic N) is 2. The number of amides is 1. The zero-order chi connectivity index (χ0) is 20.2. The first-order valence-corrected chi connectivity index (χ1v) is 10.3. The van der Waals surface area contributed by atoms with Crippen LogP contribution in [-0.4, -0.2) is 28.9 Å². The Morgan fingerprint density at radius 1 is 0.793 bits per heavy atom. The molecule has 1 atom stereocenters. The molecule has 1 heterocycles. The molecule has 0 aliphatic carbocycles. The summed E-state index contributed by atoms with van der Waals surface area (Å²) in [7, 11) is 0. The molecular formula is C26H26N2O. The van der Waals surface area contributed by atoms with Gasteiger partial charge >= 0.3 is 0 Å². The molecule has 4 aromatic rings. The van der Waals surface area contributed by atoms with Gasteiger partial charge in [0.25, 0.3) is 0 Å². The molecule has 0 N–H and O–H groups in total. The minimum atomic E-state index is -0.313. The average Bonchev–Trinajstić information content (AvgIpc) is 2.78. The van der Waals surface area contributed by atoms with Gasteiger partial charge in [-0.25, -0.2) is 0 Å². The Morgan fingerprint density at radius 2 is 1.38 bits per heavy atom. The minimum Gasteiger partial charge on any atom is -0.343 e. The Balaban J connectivity index is 1.93. The van der Waals surface area contributed by atoms with Gasteiger partial charge in [-0.05, 0) is 37.3 Å². The van der Waals surface area contributed by atoms with E-state index >= 15 is 0 Å². The van der Waals surface area contributed by atoms with Crippen LogP contribution in [0.2, 0.25) is 0 Å². The normalized spacial score (nSPS) is 12.2. The molecule has 0 aliphatic heterocycles. The van der Waals surface area contributed by atoms with Crippen molar-refractivity contribution in [3.8, 4) is 0 Å². The summed E-state index contributed by atoms with van der Waals surface area (Å²) in [5, 5.41) is 3.34. The second-order valence-electron chi connectivity index (χ2n) is 7.31. The zero-order valence-electron chi connectivity index (χ0n) is 17.0. The van der Waals surface area contributed by atoms with Gasteiger partial charge in [0.1, 0.15) is 0 Å². The Labute approximate surface area is 172 Å². The lowest BCUT2D eigenvalue weighted by atomic mass is 9.90. The van der Waals surface area contributed by atoms with Gasteiger partial charge in [-0.15, -0.1) is 0 Å². The van der Waals surface area contributed by atoms with E-state index in [-0.39, 0.29) is 11.8 Å². The van der Waals surface area contributed by atoms with Crippen molar-refractivity contribution in [1.82, 2.24) is 9.88 Å². The van der Waals surface area contributed by atoms with Gasteiger partial charge in [0, 0.05) is 23.9 Å². The molecule has 0 saturated heterocycles. The summed E-state index contributed by atoms with van der Waals surface area (Å²) in [6, 6.07) is 26.7. The van der Waals surface area contributed by atoms with Gasteiger partial charge in [0.15, 0.2) is 0 Å². The van der Waals surface area contributed by atoms with Crippen LogP contribution in [0.25, 0.3) is 21.7 Å². The molecule has 3 heteroatoms. The van der Waals surface area contributed by atoms with Gasteiger partial charge in [0.2, 0.25) is 5.91 Å². The number of carbonyl (C=O) groups excluding carboxylic acids is 1. The Morgan fingerprint density at radius 3 is 2.07 bits per heavy atom. The Bertz CT molecular complexity index is 1130. The zero-order valence-corrected chi connectivity index (χ0v) is 17.0. The van der Waals surface area contributed by atoms with Crippen molar-refractivity contribution in [3.63, 3.8) is 0 Å². The van der Waals surface area contributed by atoms with Crippen LogP contribution in [0.15, 0.2) is 78.9 Å². The van der Waals surface area contributed by atoms with E-state index in [1.54, 1.807) is 0 Å². The number of carbonyl (C=O) groups is 1. The molecular weight excluding hydrogens is 356 g/mol. The molecule has 0 fully saturated rings. The highest BCUT2D eigenvalue weighted by Crippen LogP contribution is 2.33. The molecule has 3 nitrogen and oxygen atoms in total. The number of fused-ring (bicyclic) bond motifs is 3. The van der Waals surface area contributed by atoms with E-state index in [4.69, 9.17) is 4.98 Å². The van der Waals surface area contributed by atoms with Crippen molar-refractivity contribution < 1.29 is 4.79 Å². The fourth-order valence-electron chi connectivity index (χ4n) is 4.10. The standard InChI is InChI=1S/C26H26N2O/c1-3-28(4-2)26(29)23(18-19-12-6-5-7-13-19)25-22-16-9-8-14-20(22)21-15-10-11-17-24(21)27-25/h5-17,23H,3-4,18H2,1-2H3. The van der Waals surface area contributed by atoms with E-state index in [1.807, 2.05) is 61.2 Å². The molecule has 146 valence electrons. The van der Waals surface area contributed by atoms with Gasteiger partial charge < -0.3 is 4.90 Å². The molecule has 4 rings (SSSR count). The van der Waals surface area contributed by atoms with Gasteiger partial charge in [0.05, 0.1) is 17.1 Å². The van der Waals surface area contributed by atoms with Crippen molar-refractivity contribution in [2.24, 2.45) is 0 Å². The fraction of sp³-hybridized carbons (Fsp3) is 0.231. The minimum absolute atomic E-state index is 0.145.